The number of nitrogens with one attached hydrogen (secondary N) is 1. The van der Waals surface area contributed by atoms with Crippen molar-refractivity contribution in [3.8, 4) is 0 Å². The van der Waals surface area contributed by atoms with Gasteiger partial charge in [-0.15, -0.1) is 0 Å². The van der Waals surface area contributed by atoms with Crippen LogP contribution in [0.2, 0.25) is 0 Å². The molecule has 1 heterocycles. The summed E-state index contributed by atoms with van der Waals surface area (Å²) in [5.74, 6) is 2.43. The minimum absolute atomic E-state index is 0.705. The largest absolute Gasteiger partial charge is 0.348 e. The molecule has 1 atom stereocenters. The lowest BCUT2D eigenvalue weighted by molar-refractivity contribution is 0.391. The molecule has 1 aromatic heterocycles. The van der Waals surface area contributed by atoms with Gasteiger partial charge >= 0.3 is 0 Å². The lowest BCUT2D eigenvalue weighted by atomic mass is 9.98. The summed E-state index contributed by atoms with van der Waals surface area (Å²) in [5, 5.41) is 3.50. The molecule has 98 valence electrons. The molecule has 1 aromatic rings. The van der Waals surface area contributed by atoms with Crippen LogP contribution in [0.3, 0.4) is 0 Å². The topological polar surface area (TPSA) is 33.1 Å². The standard InChI is InChI=1S/C13H26N4/c1-10(2)11(3)7-14-8-12-9-15-13(16(4)5)17(12)6/h9-11,14H,7-8H2,1-6H3. The van der Waals surface area contributed by atoms with E-state index in [9.17, 15) is 0 Å². The lowest BCUT2D eigenvalue weighted by Gasteiger charge is -2.16. The van der Waals surface area contributed by atoms with Crippen molar-refractivity contribution < 1.29 is 0 Å². The second-order valence-electron chi connectivity index (χ2n) is 5.36. The summed E-state index contributed by atoms with van der Waals surface area (Å²) in [7, 11) is 6.09. The van der Waals surface area contributed by atoms with Gasteiger partial charge in [-0.05, 0) is 18.4 Å². The molecule has 4 heteroatoms. The van der Waals surface area contributed by atoms with Gasteiger partial charge in [-0.2, -0.15) is 0 Å². The second-order valence-corrected chi connectivity index (χ2v) is 5.36. The highest BCUT2D eigenvalue weighted by atomic mass is 15.3. The minimum atomic E-state index is 0.705. The first kappa shape index (κ1) is 14.0. The number of anilines is 1. The molecule has 1 unspecified atom stereocenters. The zero-order chi connectivity index (χ0) is 13.0. The maximum atomic E-state index is 4.40. The van der Waals surface area contributed by atoms with Crippen LogP contribution < -0.4 is 10.2 Å². The van der Waals surface area contributed by atoms with E-state index in [0.717, 1.165) is 25.0 Å². The molecular formula is C13H26N4. The molecule has 4 nitrogen and oxygen atoms in total. The first-order chi connectivity index (χ1) is 7.93. The minimum Gasteiger partial charge on any atom is -0.348 e. The van der Waals surface area contributed by atoms with E-state index >= 15 is 0 Å². The zero-order valence-corrected chi connectivity index (χ0v) is 12.0. The predicted octanol–water partition coefficient (Wildman–Crippen LogP) is 1.87. The third kappa shape index (κ3) is 3.73. The summed E-state index contributed by atoms with van der Waals surface area (Å²) in [5.41, 5.74) is 1.23. The highest BCUT2D eigenvalue weighted by molar-refractivity contribution is 5.30. The van der Waals surface area contributed by atoms with Gasteiger partial charge in [-0.25, -0.2) is 4.98 Å². The highest BCUT2D eigenvalue weighted by Gasteiger charge is 2.09. The summed E-state index contributed by atoms with van der Waals surface area (Å²) in [6.45, 7) is 8.75. The molecule has 0 bridgehead atoms. The summed E-state index contributed by atoms with van der Waals surface area (Å²) in [6.07, 6.45) is 1.95. The first-order valence-electron chi connectivity index (χ1n) is 6.32. The molecule has 0 aromatic carbocycles. The average molecular weight is 238 g/mol. The van der Waals surface area contributed by atoms with Gasteiger partial charge in [0.25, 0.3) is 0 Å². The highest BCUT2D eigenvalue weighted by Crippen LogP contribution is 2.11. The molecule has 0 aliphatic rings. The second kappa shape index (κ2) is 6.05. The van der Waals surface area contributed by atoms with Crippen molar-refractivity contribution in [3.63, 3.8) is 0 Å². The predicted molar refractivity (Wildman–Crippen MR) is 73.2 cm³/mol. The fourth-order valence-corrected chi connectivity index (χ4v) is 1.68. The van der Waals surface area contributed by atoms with Crippen molar-refractivity contribution in [2.24, 2.45) is 18.9 Å². The maximum absolute atomic E-state index is 4.40. The van der Waals surface area contributed by atoms with Crippen LogP contribution in [0, 0.1) is 11.8 Å². The van der Waals surface area contributed by atoms with E-state index in [1.54, 1.807) is 0 Å². The van der Waals surface area contributed by atoms with Gasteiger partial charge in [0.15, 0.2) is 0 Å². The van der Waals surface area contributed by atoms with E-state index in [-0.39, 0.29) is 0 Å². The molecule has 17 heavy (non-hydrogen) atoms. The van der Waals surface area contributed by atoms with E-state index in [1.165, 1.54) is 5.69 Å². The molecule has 0 aliphatic heterocycles. The van der Waals surface area contributed by atoms with Crippen molar-refractivity contribution in [1.82, 2.24) is 14.9 Å². The van der Waals surface area contributed by atoms with Gasteiger partial charge in [-0.3, -0.25) is 0 Å². The summed E-state index contributed by atoms with van der Waals surface area (Å²) < 4.78 is 2.13. The fraction of sp³-hybridized carbons (Fsp3) is 0.769. The Morgan fingerprint density at radius 1 is 1.35 bits per heavy atom. The molecule has 0 fully saturated rings. The first-order valence-corrected chi connectivity index (χ1v) is 6.32. The summed E-state index contributed by atoms with van der Waals surface area (Å²) in [6, 6.07) is 0. The number of aromatic nitrogens is 2. The molecule has 0 spiro atoms. The number of nitrogens with zero attached hydrogens (tertiary/aromatic N) is 3. The van der Waals surface area contributed by atoms with Crippen LogP contribution >= 0.6 is 0 Å². The third-order valence-electron chi connectivity index (χ3n) is 3.37. The van der Waals surface area contributed by atoms with E-state index in [2.05, 4.69) is 42.7 Å². The fourth-order valence-electron chi connectivity index (χ4n) is 1.68. The van der Waals surface area contributed by atoms with Crippen LogP contribution in [0.5, 0.6) is 0 Å². The van der Waals surface area contributed by atoms with Gasteiger partial charge in [-0.1, -0.05) is 20.8 Å². The van der Waals surface area contributed by atoms with Crippen LogP contribution in [0.4, 0.5) is 5.95 Å². The van der Waals surface area contributed by atoms with Crippen molar-refractivity contribution in [1.29, 1.82) is 0 Å². The van der Waals surface area contributed by atoms with Gasteiger partial charge in [0.2, 0.25) is 5.95 Å². The molecule has 1 rings (SSSR count). The monoisotopic (exact) mass is 238 g/mol. The van der Waals surface area contributed by atoms with Crippen molar-refractivity contribution in [2.45, 2.75) is 27.3 Å². The van der Waals surface area contributed by atoms with Gasteiger partial charge in [0, 0.05) is 27.7 Å². The molecule has 0 aliphatic carbocycles. The molecule has 0 saturated heterocycles. The SMILES string of the molecule is CC(C)C(C)CNCc1cnc(N(C)C)n1C. The van der Waals surface area contributed by atoms with Crippen LogP contribution in [-0.2, 0) is 13.6 Å². The van der Waals surface area contributed by atoms with E-state index in [4.69, 9.17) is 0 Å². The molecule has 1 N–H and O–H groups in total. The van der Waals surface area contributed by atoms with Crippen molar-refractivity contribution in [2.75, 3.05) is 25.5 Å². The summed E-state index contributed by atoms with van der Waals surface area (Å²) in [4.78, 5) is 6.43. The Hall–Kier alpha value is -1.03. The number of imidazole rings is 1. The quantitative estimate of drug-likeness (QED) is 0.821. The average Bonchev–Trinajstić information content (AvgIpc) is 2.60. The molecule has 0 radical (unpaired) electrons. The van der Waals surface area contributed by atoms with Crippen LogP contribution in [-0.4, -0.2) is 30.2 Å². The smallest absolute Gasteiger partial charge is 0.204 e. The Morgan fingerprint density at radius 3 is 2.47 bits per heavy atom. The third-order valence-corrected chi connectivity index (χ3v) is 3.37. The normalized spacial score (nSPS) is 13.1. The Balaban J connectivity index is 2.47. The maximum Gasteiger partial charge on any atom is 0.204 e. The molecule has 0 saturated carbocycles. The Labute approximate surface area is 105 Å². The van der Waals surface area contributed by atoms with E-state index in [1.807, 2.05) is 25.2 Å². The van der Waals surface area contributed by atoms with Gasteiger partial charge in [0.1, 0.15) is 0 Å². The molecular weight excluding hydrogens is 212 g/mol. The lowest BCUT2D eigenvalue weighted by Crippen LogP contribution is -2.25. The van der Waals surface area contributed by atoms with Crippen molar-refractivity contribution in [3.05, 3.63) is 11.9 Å². The summed E-state index contributed by atoms with van der Waals surface area (Å²) >= 11 is 0. The van der Waals surface area contributed by atoms with Crippen molar-refractivity contribution >= 4 is 5.95 Å². The Kier molecular flexibility index (Phi) is 5.00. The molecule has 0 amide bonds. The van der Waals surface area contributed by atoms with Crippen LogP contribution in [0.15, 0.2) is 6.20 Å². The van der Waals surface area contributed by atoms with Gasteiger partial charge in [0.05, 0.1) is 11.9 Å². The number of rotatable bonds is 6. The van der Waals surface area contributed by atoms with Crippen LogP contribution in [0.1, 0.15) is 26.5 Å². The number of hydrogen-bond acceptors (Lipinski definition) is 3. The van der Waals surface area contributed by atoms with E-state index in [0.29, 0.717) is 5.92 Å². The van der Waals surface area contributed by atoms with Crippen LogP contribution in [0.25, 0.3) is 0 Å². The van der Waals surface area contributed by atoms with Gasteiger partial charge < -0.3 is 14.8 Å². The Morgan fingerprint density at radius 2 is 2.00 bits per heavy atom. The van der Waals surface area contributed by atoms with E-state index < -0.39 is 0 Å². The zero-order valence-electron chi connectivity index (χ0n) is 12.0. The number of hydrogen-bond donors (Lipinski definition) is 1. The Bertz CT molecular complexity index is 341.